The molecule has 2 aromatic rings. The number of rotatable bonds is 5. The Kier molecular flexibility index (Phi) is 4.17. The van der Waals surface area contributed by atoms with Gasteiger partial charge in [-0.3, -0.25) is 4.98 Å². The van der Waals surface area contributed by atoms with Crippen molar-refractivity contribution < 1.29 is 4.74 Å². The zero-order valence-electron chi connectivity index (χ0n) is 11.5. The summed E-state index contributed by atoms with van der Waals surface area (Å²) in [5.74, 6) is 0.870. The minimum absolute atomic E-state index is 0.00201. The van der Waals surface area contributed by atoms with Crippen LogP contribution in [0.3, 0.4) is 0 Å². The van der Waals surface area contributed by atoms with E-state index in [1.54, 1.807) is 6.20 Å². The van der Waals surface area contributed by atoms with Gasteiger partial charge in [-0.2, -0.15) is 0 Å². The Balaban J connectivity index is 2.03. The number of pyridine rings is 1. The number of nitrogens with two attached hydrogens (primary N) is 1. The maximum absolute atomic E-state index is 5.76. The molecule has 0 unspecified atom stereocenters. The maximum atomic E-state index is 5.76. The highest BCUT2D eigenvalue weighted by atomic mass is 16.5. The van der Waals surface area contributed by atoms with Crippen LogP contribution in [0.25, 0.3) is 11.1 Å². The molecule has 0 atom stereocenters. The molecule has 3 heteroatoms. The Bertz CT molecular complexity index is 506. The molecule has 0 aliphatic heterocycles. The van der Waals surface area contributed by atoms with Crippen molar-refractivity contribution >= 4 is 0 Å². The van der Waals surface area contributed by atoms with E-state index in [2.05, 4.69) is 18.8 Å². The summed E-state index contributed by atoms with van der Waals surface area (Å²) < 4.78 is 5.76. The highest BCUT2D eigenvalue weighted by molar-refractivity contribution is 5.62. The maximum Gasteiger partial charge on any atom is 0.119 e. The van der Waals surface area contributed by atoms with Crippen LogP contribution in [0.2, 0.25) is 0 Å². The molecule has 0 fully saturated rings. The van der Waals surface area contributed by atoms with Gasteiger partial charge >= 0.3 is 0 Å². The quantitative estimate of drug-likeness (QED) is 0.894. The molecule has 0 aliphatic carbocycles. The molecule has 100 valence electrons. The van der Waals surface area contributed by atoms with Gasteiger partial charge in [-0.1, -0.05) is 32.0 Å². The van der Waals surface area contributed by atoms with E-state index < -0.39 is 0 Å². The van der Waals surface area contributed by atoms with Crippen molar-refractivity contribution in [1.29, 1.82) is 0 Å². The third kappa shape index (κ3) is 3.80. The van der Waals surface area contributed by atoms with Gasteiger partial charge in [0.1, 0.15) is 5.75 Å². The summed E-state index contributed by atoms with van der Waals surface area (Å²) >= 11 is 0. The second-order valence-electron chi connectivity index (χ2n) is 5.42. The second kappa shape index (κ2) is 5.85. The monoisotopic (exact) mass is 256 g/mol. The predicted octanol–water partition coefficient (Wildman–Crippen LogP) is 3.11. The molecule has 0 saturated heterocycles. The summed E-state index contributed by atoms with van der Waals surface area (Å²) in [6.45, 7) is 5.42. The molecule has 2 N–H and O–H groups in total. The van der Waals surface area contributed by atoms with Crippen LogP contribution in [-0.2, 0) is 0 Å². The van der Waals surface area contributed by atoms with Crippen molar-refractivity contribution in [2.45, 2.75) is 13.8 Å². The normalized spacial score (nSPS) is 11.3. The smallest absolute Gasteiger partial charge is 0.119 e. The zero-order valence-corrected chi connectivity index (χ0v) is 11.5. The Hall–Kier alpha value is -1.87. The van der Waals surface area contributed by atoms with E-state index in [1.807, 2.05) is 42.6 Å². The lowest BCUT2D eigenvalue weighted by molar-refractivity contribution is 0.187. The van der Waals surface area contributed by atoms with E-state index in [1.165, 1.54) is 0 Å². The number of aromatic nitrogens is 1. The van der Waals surface area contributed by atoms with E-state index in [9.17, 15) is 0 Å². The van der Waals surface area contributed by atoms with Crippen LogP contribution >= 0.6 is 0 Å². The Morgan fingerprint density at radius 1 is 1.11 bits per heavy atom. The number of hydrogen-bond donors (Lipinski definition) is 1. The summed E-state index contributed by atoms with van der Waals surface area (Å²) in [5, 5.41) is 0. The van der Waals surface area contributed by atoms with Gasteiger partial charge in [0.25, 0.3) is 0 Å². The molecule has 0 radical (unpaired) electrons. The second-order valence-corrected chi connectivity index (χ2v) is 5.42. The lowest BCUT2D eigenvalue weighted by Gasteiger charge is -2.22. The van der Waals surface area contributed by atoms with Gasteiger partial charge < -0.3 is 10.5 Å². The first kappa shape index (κ1) is 13.6. The van der Waals surface area contributed by atoms with Crippen LogP contribution in [0.15, 0.2) is 48.8 Å². The molecule has 0 spiro atoms. The number of benzene rings is 1. The average molecular weight is 256 g/mol. The van der Waals surface area contributed by atoms with Crippen molar-refractivity contribution in [3.8, 4) is 16.9 Å². The minimum Gasteiger partial charge on any atom is -0.493 e. The van der Waals surface area contributed by atoms with Crippen LogP contribution < -0.4 is 10.5 Å². The van der Waals surface area contributed by atoms with E-state index in [4.69, 9.17) is 10.5 Å². The van der Waals surface area contributed by atoms with Gasteiger partial charge in [0.05, 0.1) is 6.61 Å². The Morgan fingerprint density at radius 2 is 1.84 bits per heavy atom. The van der Waals surface area contributed by atoms with Crippen molar-refractivity contribution in [2.75, 3.05) is 13.2 Å². The van der Waals surface area contributed by atoms with Gasteiger partial charge in [-0.05, 0) is 29.3 Å². The summed E-state index contributed by atoms with van der Waals surface area (Å²) in [6, 6.07) is 12.0. The molecule has 0 amide bonds. The number of hydrogen-bond acceptors (Lipinski definition) is 3. The fraction of sp³-hybridized carbons (Fsp3) is 0.312. The molecule has 19 heavy (non-hydrogen) atoms. The third-order valence-corrected chi connectivity index (χ3v) is 3.03. The Labute approximate surface area is 114 Å². The van der Waals surface area contributed by atoms with E-state index in [-0.39, 0.29) is 5.41 Å². The van der Waals surface area contributed by atoms with Crippen LogP contribution in [0.5, 0.6) is 5.75 Å². The minimum atomic E-state index is 0.00201. The van der Waals surface area contributed by atoms with Gasteiger partial charge in [0, 0.05) is 24.4 Å². The summed E-state index contributed by atoms with van der Waals surface area (Å²) in [5.41, 5.74) is 7.93. The molecular weight excluding hydrogens is 236 g/mol. The van der Waals surface area contributed by atoms with E-state index in [0.29, 0.717) is 13.2 Å². The van der Waals surface area contributed by atoms with Crippen molar-refractivity contribution in [3.05, 3.63) is 48.8 Å². The lowest BCUT2D eigenvalue weighted by atomic mass is 9.95. The summed E-state index contributed by atoms with van der Waals surface area (Å²) in [7, 11) is 0. The highest BCUT2D eigenvalue weighted by Crippen LogP contribution is 2.23. The van der Waals surface area contributed by atoms with Crippen LogP contribution in [0, 0.1) is 5.41 Å². The molecular formula is C16H20N2O. The van der Waals surface area contributed by atoms with Gasteiger partial charge in [0.15, 0.2) is 0 Å². The summed E-state index contributed by atoms with van der Waals surface area (Å²) in [4.78, 5) is 4.12. The number of ether oxygens (including phenoxy) is 1. The SMILES string of the molecule is CC(C)(CN)COc1ccc(-c2cccnc2)cc1. The molecule has 1 heterocycles. The average Bonchev–Trinajstić information content (AvgIpc) is 2.47. The van der Waals surface area contributed by atoms with Crippen LogP contribution in [-0.4, -0.2) is 18.1 Å². The zero-order chi connectivity index (χ0) is 13.7. The summed E-state index contributed by atoms with van der Waals surface area (Å²) in [6.07, 6.45) is 3.63. The topological polar surface area (TPSA) is 48.1 Å². The third-order valence-electron chi connectivity index (χ3n) is 3.03. The van der Waals surface area contributed by atoms with Gasteiger partial charge in [-0.25, -0.2) is 0 Å². The largest absolute Gasteiger partial charge is 0.493 e. The van der Waals surface area contributed by atoms with Gasteiger partial charge in [0.2, 0.25) is 0 Å². The van der Waals surface area contributed by atoms with Crippen LogP contribution in [0.1, 0.15) is 13.8 Å². The van der Waals surface area contributed by atoms with Crippen molar-refractivity contribution in [1.82, 2.24) is 4.98 Å². The lowest BCUT2D eigenvalue weighted by Crippen LogP contribution is -2.30. The first-order valence-corrected chi connectivity index (χ1v) is 6.44. The van der Waals surface area contributed by atoms with E-state index in [0.717, 1.165) is 16.9 Å². The van der Waals surface area contributed by atoms with Crippen molar-refractivity contribution in [3.63, 3.8) is 0 Å². The Morgan fingerprint density at radius 3 is 2.42 bits per heavy atom. The predicted molar refractivity (Wildman–Crippen MR) is 78.0 cm³/mol. The first-order valence-electron chi connectivity index (χ1n) is 6.44. The first-order chi connectivity index (χ1) is 9.11. The van der Waals surface area contributed by atoms with Gasteiger partial charge in [-0.15, -0.1) is 0 Å². The molecule has 0 aliphatic rings. The fourth-order valence-electron chi connectivity index (χ4n) is 1.61. The molecule has 1 aromatic heterocycles. The molecule has 2 rings (SSSR count). The molecule has 1 aromatic carbocycles. The molecule has 3 nitrogen and oxygen atoms in total. The standard InChI is InChI=1S/C16H20N2O/c1-16(2,11-17)12-19-15-7-5-13(6-8-15)14-4-3-9-18-10-14/h3-10H,11-12,17H2,1-2H3. The molecule has 0 saturated carbocycles. The van der Waals surface area contributed by atoms with E-state index >= 15 is 0 Å². The highest BCUT2D eigenvalue weighted by Gasteiger charge is 2.16. The van der Waals surface area contributed by atoms with Crippen LogP contribution in [0.4, 0.5) is 0 Å². The number of nitrogens with zero attached hydrogens (tertiary/aromatic N) is 1. The molecule has 0 bridgehead atoms. The van der Waals surface area contributed by atoms with Crippen molar-refractivity contribution in [2.24, 2.45) is 11.1 Å². The fourth-order valence-corrected chi connectivity index (χ4v) is 1.61.